The van der Waals surface area contributed by atoms with Gasteiger partial charge >= 0.3 is 5.97 Å². The van der Waals surface area contributed by atoms with E-state index >= 15 is 0 Å². The lowest BCUT2D eigenvalue weighted by Gasteiger charge is -2.18. The van der Waals surface area contributed by atoms with Crippen LogP contribution in [0.25, 0.3) is 6.08 Å². The van der Waals surface area contributed by atoms with Crippen LogP contribution in [-0.4, -0.2) is 34.8 Å². The summed E-state index contributed by atoms with van der Waals surface area (Å²) in [7, 11) is 1.30. The molecule has 0 aliphatic rings. The number of hydrogen-bond donors (Lipinski definition) is 1. The predicted octanol–water partition coefficient (Wildman–Crippen LogP) is 2.83. The van der Waals surface area contributed by atoms with Crippen molar-refractivity contribution in [1.29, 1.82) is 0 Å². The van der Waals surface area contributed by atoms with Gasteiger partial charge in [-0.15, -0.1) is 0 Å². The van der Waals surface area contributed by atoms with Crippen molar-refractivity contribution in [2.75, 3.05) is 7.11 Å². The van der Waals surface area contributed by atoms with Crippen LogP contribution in [0.15, 0.2) is 6.08 Å². The molecule has 0 saturated heterocycles. The van der Waals surface area contributed by atoms with Gasteiger partial charge in [0.05, 0.1) is 12.8 Å². The quantitative estimate of drug-likeness (QED) is 0.603. The molecule has 0 bridgehead atoms. The summed E-state index contributed by atoms with van der Waals surface area (Å²) in [5.74, 6) is -0.514. The molecule has 1 aromatic heterocycles. The first kappa shape index (κ1) is 20.2. The van der Waals surface area contributed by atoms with Crippen LogP contribution >= 0.6 is 11.6 Å². The highest BCUT2D eigenvalue weighted by molar-refractivity contribution is 6.31. The fourth-order valence-corrected chi connectivity index (χ4v) is 2.52. The number of aryl methyl sites for hydroxylation is 1. The molecule has 0 aliphatic heterocycles. The summed E-state index contributed by atoms with van der Waals surface area (Å²) in [5, 5.41) is 7.53. The summed E-state index contributed by atoms with van der Waals surface area (Å²) in [5.41, 5.74) is 1.45. The second kappa shape index (κ2) is 8.87. The van der Waals surface area contributed by atoms with Crippen molar-refractivity contribution in [2.24, 2.45) is 11.8 Å². The molecule has 1 amide bonds. The third kappa shape index (κ3) is 5.37. The molecule has 0 spiro atoms. The molecule has 1 rings (SSSR count). The fraction of sp³-hybridized carbons (Fsp3) is 0.588. The molecule has 6 nitrogen and oxygen atoms in total. The standard InChI is InChI=1S/C17H26ClN3O3/c1-10(2)9-21-16(18)13(12(5)20-21)7-8-14(22)19-15(11(3)4)17(23)24-6/h7-8,10-11,15H,9H2,1-6H3,(H,19,22)/t15-/m0/s1. The molecule has 7 heteroatoms. The van der Waals surface area contributed by atoms with Crippen molar-refractivity contribution < 1.29 is 14.3 Å². The molecule has 24 heavy (non-hydrogen) atoms. The third-order valence-corrected chi connectivity index (χ3v) is 3.87. The number of hydrogen-bond acceptors (Lipinski definition) is 4. The van der Waals surface area contributed by atoms with Crippen LogP contribution in [0.5, 0.6) is 0 Å². The van der Waals surface area contributed by atoms with Crippen LogP contribution < -0.4 is 5.32 Å². The molecule has 0 aromatic carbocycles. The number of carbonyl (C=O) groups is 2. The average Bonchev–Trinajstić information content (AvgIpc) is 2.75. The van der Waals surface area contributed by atoms with Gasteiger partial charge < -0.3 is 10.1 Å². The zero-order chi connectivity index (χ0) is 18.4. The molecule has 0 saturated carbocycles. The Morgan fingerprint density at radius 2 is 1.96 bits per heavy atom. The van der Waals surface area contributed by atoms with Crippen molar-refractivity contribution in [3.05, 3.63) is 22.5 Å². The second-order valence-corrected chi connectivity index (χ2v) is 6.81. The highest BCUT2D eigenvalue weighted by atomic mass is 35.5. The number of nitrogens with zero attached hydrogens (tertiary/aromatic N) is 2. The van der Waals surface area contributed by atoms with E-state index in [4.69, 9.17) is 16.3 Å². The van der Waals surface area contributed by atoms with Gasteiger partial charge in [0, 0.05) is 18.2 Å². The first-order valence-corrected chi connectivity index (χ1v) is 8.34. The summed E-state index contributed by atoms with van der Waals surface area (Å²) in [6.07, 6.45) is 2.97. The maximum absolute atomic E-state index is 12.1. The van der Waals surface area contributed by atoms with Gasteiger partial charge in [-0.05, 0) is 24.8 Å². The van der Waals surface area contributed by atoms with E-state index in [1.54, 1.807) is 10.8 Å². The highest BCUT2D eigenvalue weighted by Crippen LogP contribution is 2.22. The number of methoxy groups -OCH3 is 1. The lowest BCUT2D eigenvalue weighted by molar-refractivity contribution is -0.145. The molecule has 1 heterocycles. The van der Waals surface area contributed by atoms with E-state index in [9.17, 15) is 9.59 Å². The highest BCUT2D eigenvalue weighted by Gasteiger charge is 2.24. The molecule has 134 valence electrons. The van der Waals surface area contributed by atoms with Crippen molar-refractivity contribution in [3.8, 4) is 0 Å². The van der Waals surface area contributed by atoms with Crippen LogP contribution in [-0.2, 0) is 20.9 Å². The van der Waals surface area contributed by atoms with E-state index in [2.05, 4.69) is 24.3 Å². The molecule has 0 fully saturated rings. The molecular weight excluding hydrogens is 330 g/mol. The van der Waals surface area contributed by atoms with Gasteiger partial charge in [0.15, 0.2) is 0 Å². The van der Waals surface area contributed by atoms with Crippen molar-refractivity contribution in [3.63, 3.8) is 0 Å². The topological polar surface area (TPSA) is 73.2 Å². The normalized spacial score (nSPS) is 12.9. The Labute approximate surface area is 148 Å². The van der Waals surface area contributed by atoms with Crippen LogP contribution in [0, 0.1) is 18.8 Å². The fourth-order valence-electron chi connectivity index (χ4n) is 2.21. The summed E-state index contributed by atoms with van der Waals surface area (Å²) in [6, 6.07) is -0.688. The molecule has 1 N–H and O–H groups in total. The van der Waals surface area contributed by atoms with E-state index in [0.717, 1.165) is 5.69 Å². The number of ether oxygens (including phenoxy) is 1. The van der Waals surface area contributed by atoms with Crippen molar-refractivity contribution >= 4 is 29.6 Å². The van der Waals surface area contributed by atoms with Gasteiger partial charge in [0.1, 0.15) is 11.2 Å². The predicted molar refractivity (Wildman–Crippen MR) is 94.6 cm³/mol. The molecular formula is C17H26ClN3O3. The number of aromatic nitrogens is 2. The summed E-state index contributed by atoms with van der Waals surface area (Å²) >= 11 is 6.33. The number of carbonyl (C=O) groups excluding carboxylic acids is 2. The molecule has 0 unspecified atom stereocenters. The summed E-state index contributed by atoms with van der Waals surface area (Å²) in [6.45, 7) is 10.4. The minimum Gasteiger partial charge on any atom is -0.467 e. The molecule has 1 atom stereocenters. The van der Waals surface area contributed by atoms with Crippen LogP contribution in [0.3, 0.4) is 0 Å². The Bertz CT molecular complexity index is 621. The first-order chi connectivity index (χ1) is 11.2. The summed E-state index contributed by atoms with van der Waals surface area (Å²) in [4.78, 5) is 23.8. The Balaban J connectivity index is 2.87. The molecule has 1 aromatic rings. The van der Waals surface area contributed by atoms with E-state index in [0.29, 0.717) is 23.2 Å². The van der Waals surface area contributed by atoms with Gasteiger partial charge in [-0.3, -0.25) is 9.48 Å². The van der Waals surface area contributed by atoms with Gasteiger partial charge in [0.25, 0.3) is 0 Å². The van der Waals surface area contributed by atoms with Gasteiger partial charge in [-0.25, -0.2) is 4.79 Å². The van der Waals surface area contributed by atoms with Crippen molar-refractivity contribution in [2.45, 2.75) is 47.2 Å². The van der Waals surface area contributed by atoms with E-state index in [-0.39, 0.29) is 11.8 Å². The van der Waals surface area contributed by atoms with Gasteiger partial charge in [-0.2, -0.15) is 5.10 Å². The minimum atomic E-state index is -0.688. The van der Waals surface area contributed by atoms with Gasteiger partial charge in [-0.1, -0.05) is 39.3 Å². The largest absolute Gasteiger partial charge is 0.467 e. The maximum Gasteiger partial charge on any atom is 0.328 e. The smallest absolute Gasteiger partial charge is 0.328 e. The lowest BCUT2D eigenvalue weighted by Crippen LogP contribution is -2.44. The third-order valence-electron chi connectivity index (χ3n) is 3.47. The number of rotatable bonds is 7. The molecule has 0 radical (unpaired) electrons. The number of halogens is 1. The Morgan fingerprint density at radius 1 is 1.33 bits per heavy atom. The minimum absolute atomic E-state index is 0.0751. The van der Waals surface area contributed by atoms with E-state index < -0.39 is 12.0 Å². The zero-order valence-corrected chi connectivity index (χ0v) is 15.8. The zero-order valence-electron chi connectivity index (χ0n) is 15.1. The number of nitrogens with one attached hydrogen (secondary N) is 1. The monoisotopic (exact) mass is 355 g/mol. The van der Waals surface area contributed by atoms with Gasteiger partial charge in [0.2, 0.25) is 5.91 Å². The van der Waals surface area contributed by atoms with E-state index in [1.165, 1.54) is 13.2 Å². The SMILES string of the molecule is COC(=O)[C@@H](NC(=O)C=Cc1c(C)nn(CC(C)C)c1Cl)C(C)C. The summed E-state index contributed by atoms with van der Waals surface area (Å²) < 4.78 is 6.43. The van der Waals surface area contributed by atoms with E-state index in [1.807, 2.05) is 20.8 Å². The Morgan fingerprint density at radius 3 is 2.46 bits per heavy atom. The number of amides is 1. The Hall–Kier alpha value is -1.82. The van der Waals surface area contributed by atoms with Crippen molar-refractivity contribution in [1.82, 2.24) is 15.1 Å². The molecule has 0 aliphatic carbocycles. The van der Waals surface area contributed by atoms with Crippen LogP contribution in [0.4, 0.5) is 0 Å². The average molecular weight is 356 g/mol. The maximum atomic E-state index is 12.1. The first-order valence-electron chi connectivity index (χ1n) is 7.96. The van der Waals surface area contributed by atoms with Crippen LogP contribution in [0.1, 0.15) is 39.0 Å². The Kier molecular flexibility index (Phi) is 7.48. The van der Waals surface area contributed by atoms with Crippen LogP contribution in [0.2, 0.25) is 5.15 Å². The lowest BCUT2D eigenvalue weighted by atomic mass is 10.0. The number of esters is 1. The second-order valence-electron chi connectivity index (χ2n) is 6.45.